The number of methoxy groups -OCH3 is 2. The van der Waals surface area contributed by atoms with Crippen molar-refractivity contribution in [2.75, 3.05) is 20.8 Å². The van der Waals surface area contributed by atoms with Gasteiger partial charge in [-0.05, 0) is 24.3 Å². The van der Waals surface area contributed by atoms with Crippen LogP contribution < -0.4 is 4.74 Å². The zero-order valence-electron chi connectivity index (χ0n) is 12.8. The first-order valence-corrected chi connectivity index (χ1v) is 7.01. The zero-order valence-corrected chi connectivity index (χ0v) is 12.8. The smallest absolute Gasteiger partial charge is 0.338 e. The molecule has 0 saturated carbocycles. The van der Waals surface area contributed by atoms with Gasteiger partial charge in [-0.3, -0.25) is 0 Å². The number of carbonyl (C=O) groups excluding carboxylic acids is 1. The van der Waals surface area contributed by atoms with Gasteiger partial charge in [0.25, 0.3) is 0 Å². The van der Waals surface area contributed by atoms with Crippen molar-refractivity contribution in [3.8, 4) is 5.75 Å². The number of esters is 1. The van der Waals surface area contributed by atoms with Crippen LogP contribution in [0.1, 0.15) is 10.4 Å². The third-order valence-corrected chi connectivity index (χ3v) is 3.61. The first-order chi connectivity index (χ1) is 11.0. The first kappa shape index (κ1) is 17.6. The van der Waals surface area contributed by atoms with Crippen LogP contribution in [0.2, 0.25) is 0 Å². The van der Waals surface area contributed by atoms with Gasteiger partial charge in [0.15, 0.2) is 6.29 Å². The molecule has 1 aliphatic rings. The molecule has 0 radical (unpaired) electrons. The van der Waals surface area contributed by atoms with Crippen molar-refractivity contribution in [3.63, 3.8) is 0 Å². The highest BCUT2D eigenvalue weighted by atomic mass is 16.7. The molecule has 1 aliphatic heterocycles. The minimum Gasteiger partial charge on any atom is -0.497 e. The summed E-state index contributed by atoms with van der Waals surface area (Å²) in [4.78, 5) is 11.9. The number of ether oxygens (including phenoxy) is 4. The molecule has 1 aromatic carbocycles. The van der Waals surface area contributed by atoms with Crippen LogP contribution in [0.15, 0.2) is 24.3 Å². The van der Waals surface area contributed by atoms with Gasteiger partial charge in [-0.25, -0.2) is 4.79 Å². The molecular formula is C15H20O8. The summed E-state index contributed by atoms with van der Waals surface area (Å²) < 4.78 is 20.2. The molecule has 5 unspecified atom stereocenters. The second-order valence-electron chi connectivity index (χ2n) is 5.08. The minimum absolute atomic E-state index is 0.296. The second-order valence-corrected chi connectivity index (χ2v) is 5.08. The molecule has 0 bridgehead atoms. The minimum atomic E-state index is -1.46. The number of rotatable bonds is 5. The molecule has 8 heteroatoms. The van der Waals surface area contributed by atoms with Crippen molar-refractivity contribution in [2.24, 2.45) is 0 Å². The van der Waals surface area contributed by atoms with E-state index in [4.69, 9.17) is 18.9 Å². The molecule has 128 valence electrons. The number of carbonyl (C=O) groups is 1. The summed E-state index contributed by atoms with van der Waals surface area (Å²) in [6.07, 6.45) is -6.37. The number of aliphatic hydroxyl groups excluding tert-OH is 3. The Bertz CT molecular complexity index is 515. The molecule has 1 saturated heterocycles. The van der Waals surface area contributed by atoms with Gasteiger partial charge in [-0.15, -0.1) is 0 Å². The van der Waals surface area contributed by atoms with Crippen molar-refractivity contribution < 1.29 is 39.1 Å². The van der Waals surface area contributed by atoms with Crippen molar-refractivity contribution in [3.05, 3.63) is 29.8 Å². The van der Waals surface area contributed by atoms with Crippen LogP contribution in [0, 0.1) is 0 Å². The molecule has 3 N–H and O–H groups in total. The lowest BCUT2D eigenvalue weighted by atomic mass is 9.99. The molecule has 0 spiro atoms. The number of benzene rings is 1. The highest BCUT2D eigenvalue weighted by Crippen LogP contribution is 2.22. The second kappa shape index (κ2) is 7.71. The van der Waals surface area contributed by atoms with E-state index in [1.807, 2.05) is 0 Å². The van der Waals surface area contributed by atoms with Gasteiger partial charge in [0.05, 0.1) is 12.7 Å². The Morgan fingerprint density at radius 2 is 1.74 bits per heavy atom. The number of hydrogen-bond acceptors (Lipinski definition) is 8. The number of hydrogen-bond donors (Lipinski definition) is 3. The molecule has 1 fully saturated rings. The van der Waals surface area contributed by atoms with Crippen molar-refractivity contribution >= 4 is 5.97 Å². The zero-order chi connectivity index (χ0) is 17.0. The van der Waals surface area contributed by atoms with E-state index in [1.165, 1.54) is 26.4 Å². The van der Waals surface area contributed by atoms with E-state index < -0.39 is 36.7 Å². The molecule has 8 nitrogen and oxygen atoms in total. The lowest BCUT2D eigenvalue weighted by Gasteiger charge is -2.39. The fraction of sp³-hybridized carbons (Fsp3) is 0.533. The fourth-order valence-electron chi connectivity index (χ4n) is 2.22. The van der Waals surface area contributed by atoms with Gasteiger partial charge in [-0.2, -0.15) is 0 Å². The summed E-state index contributed by atoms with van der Waals surface area (Å²) in [5.41, 5.74) is 0.306. The Labute approximate surface area is 133 Å². The molecule has 0 amide bonds. The van der Waals surface area contributed by atoms with E-state index in [2.05, 4.69) is 0 Å². The van der Waals surface area contributed by atoms with Gasteiger partial charge >= 0.3 is 5.97 Å². The highest BCUT2D eigenvalue weighted by Gasteiger charge is 2.44. The van der Waals surface area contributed by atoms with Crippen LogP contribution in [0.25, 0.3) is 0 Å². The molecule has 2 rings (SSSR count). The molecule has 5 atom stereocenters. The quantitative estimate of drug-likeness (QED) is 0.608. The molecule has 1 heterocycles. The van der Waals surface area contributed by atoms with Crippen molar-refractivity contribution in [1.82, 2.24) is 0 Å². The average molecular weight is 328 g/mol. The maximum atomic E-state index is 11.9. The number of aliphatic hydroxyl groups is 3. The van der Waals surface area contributed by atoms with E-state index in [-0.39, 0.29) is 6.61 Å². The normalized spacial score (nSPS) is 30.7. The third kappa shape index (κ3) is 3.98. The van der Waals surface area contributed by atoms with E-state index in [9.17, 15) is 20.1 Å². The van der Waals surface area contributed by atoms with Crippen LogP contribution in [0.3, 0.4) is 0 Å². The summed E-state index contributed by atoms with van der Waals surface area (Å²) in [7, 11) is 2.81. The van der Waals surface area contributed by atoms with Gasteiger partial charge in [0, 0.05) is 7.11 Å². The summed E-state index contributed by atoms with van der Waals surface area (Å²) in [5.74, 6) is -0.00864. The fourth-order valence-corrected chi connectivity index (χ4v) is 2.22. The lowest BCUT2D eigenvalue weighted by Crippen LogP contribution is -2.59. The summed E-state index contributed by atoms with van der Waals surface area (Å²) >= 11 is 0. The standard InChI is InChI=1S/C15H20O8/c1-20-9-5-3-8(4-6-9)14(19)22-7-10-11(16)12(17)13(18)15(21-2)23-10/h3-6,10-13,15-18H,7H2,1-2H3. The first-order valence-electron chi connectivity index (χ1n) is 7.01. The Hall–Kier alpha value is -1.71. The molecule has 1 aromatic rings. The van der Waals surface area contributed by atoms with E-state index in [1.54, 1.807) is 12.1 Å². The van der Waals surface area contributed by atoms with Gasteiger partial charge in [-0.1, -0.05) is 0 Å². The van der Waals surface area contributed by atoms with Crippen LogP contribution in [-0.4, -0.2) is 72.8 Å². The molecular weight excluding hydrogens is 308 g/mol. The molecule has 23 heavy (non-hydrogen) atoms. The SMILES string of the molecule is COc1ccc(C(=O)OCC2OC(OC)C(O)C(O)C2O)cc1. The predicted octanol–water partition coefficient (Wildman–Crippen LogP) is -0.694. The van der Waals surface area contributed by atoms with Crippen LogP contribution >= 0.6 is 0 Å². The topological polar surface area (TPSA) is 115 Å². The van der Waals surface area contributed by atoms with E-state index in [0.717, 1.165) is 0 Å². The maximum absolute atomic E-state index is 11.9. The van der Waals surface area contributed by atoms with Gasteiger partial charge < -0.3 is 34.3 Å². The van der Waals surface area contributed by atoms with Crippen molar-refractivity contribution in [2.45, 2.75) is 30.7 Å². The van der Waals surface area contributed by atoms with Crippen LogP contribution in [0.5, 0.6) is 5.75 Å². The van der Waals surface area contributed by atoms with Crippen LogP contribution in [-0.2, 0) is 14.2 Å². The molecule has 0 aliphatic carbocycles. The Balaban J connectivity index is 1.94. The summed E-state index contributed by atoms with van der Waals surface area (Å²) in [6.45, 7) is -0.296. The van der Waals surface area contributed by atoms with E-state index in [0.29, 0.717) is 11.3 Å². The monoisotopic (exact) mass is 328 g/mol. The van der Waals surface area contributed by atoms with Gasteiger partial charge in [0.1, 0.15) is 36.8 Å². The maximum Gasteiger partial charge on any atom is 0.338 e. The Kier molecular flexibility index (Phi) is 5.91. The summed E-state index contributed by atoms with van der Waals surface area (Å²) in [5, 5.41) is 29.3. The third-order valence-electron chi connectivity index (χ3n) is 3.61. The van der Waals surface area contributed by atoms with Crippen LogP contribution in [0.4, 0.5) is 0 Å². The molecule has 0 aromatic heterocycles. The van der Waals surface area contributed by atoms with E-state index >= 15 is 0 Å². The largest absolute Gasteiger partial charge is 0.497 e. The lowest BCUT2D eigenvalue weighted by molar-refractivity contribution is -0.294. The summed E-state index contributed by atoms with van der Waals surface area (Å²) in [6, 6.07) is 6.30. The highest BCUT2D eigenvalue weighted by molar-refractivity contribution is 5.89. The Morgan fingerprint density at radius 1 is 1.09 bits per heavy atom. The van der Waals surface area contributed by atoms with Gasteiger partial charge in [0.2, 0.25) is 0 Å². The van der Waals surface area contributed by atoms with Crippen molar-refractivity contribution in [1.29, 1.82) is 0 Å². The predicted molar refractivity (Wildman–Crippen MR) is 77.0 cm³/mol. The Morgan fingerprint density at radius 3 is 2.30 bits per heavy atom. The average Bonchev–Trinajstić information content (AvgIpc) is 2.59.